The van der Waals surface area contributed by atoms with Crippen LogP contribution in [0.3, 0.4) is 0 Å². The molecular formula is C20H29N5O4. The fourth-order valence-corrected chi connectivity index (χ4v) is 2.65. The lowest BCUT2D eigenvalue weighted by Crippen LogP contribution is -2.35. The Morgan fingerprint density at radius 3 is 2.41 bits per heavy atom. The van der Waals surface area contributed by atoms with Crippen LogP contribution in [0.1, 0.15) is 38.1 Å². The summed E-state index contributed by atoms with van der Waals surface area (Å²) < 4.78 is 1.18. The molecule has 1 atom stereocenters. The van der Waals surface area contributed by atoms with Crippen LogP contribution in [0, 0.1) is 5.92 Å². The number of phenols is 1. The zero-order valence-electron chi connectivity index (χ0n) is 17.7. The molecule has 0 aliphatic heterocycles. The molecule has 0 aliphatic rings. The van der Waals surface area contributed by atoms with Gasteiger partial charge in [0.15, 0.2) is 5.75 Å². The molecule has 0 saturated heterocycles. The van der Waals surface area contributed by atoms with E-state index >= 15 is 0 Å². The molecule has 0 radical (unpaired) electrons. The molecule has 0 bridgehead atoms. The zero-order chi connectivity index (χ0) is 21.9. The quantitative estimate of drug-likeness (QED) is 0.526. The summed E-state index contributed by atoms with van der Waals surface area (Å²) in [7, 11) is 3.15. The molecule has 1 heterocycles. The molecule has 29 heavy (non-hydrogen) atoms. The van der Waals surface area contributed by atoms with E-state index < -0.39 is 11.1 Å². The van der Waals surface area contributed by atoms with Crippen LogP contribution in [0.5, 0.6) is 5.75 Å². The van der Waals surface area contributed by atoms with Gasteiger partial charge in [0.25, 0.3) is 17.0 Å². The van der Waals surface area contributed by atoms with Crippen LogP contribution in [0.15, 0.2) is 27.8 Å². The highest BCUT2D eigenvalue weighted by molar-refractivity contribution is 5.98. The number of H-pyrrole nitrogens is 1. The molecule has 1 amide bonds. The van der Waals surface area contributed by atoms with Crippen molar-refractivity contribution in [2.24, 2.45) is 5.92 Å². The number of aryl methyl sites for hydroxylation is 1. The van der Waals surface area contributed by atoms with Gasteiger partial charge in [-0.15, -0.1) is 0 Å². The number of hydrogen-bond donors (Lipinski definition) is 4. The minimum Gasteiger partial charge on any atom is -0.505 e. The molecule has 1 unspecified atom stereocenters. The van der Waals surface area contributed by atoms with E-state index in [0.29, 0.717) is 0 Å². The summed E-state index contributed by atoms with van der Waals surface area (Å²) in [5.41, 5.74) is -0.567. The predicted molar refractivity (Wildman–Crippen MR) is 114 cm³/mol. The third-order valence-corrected chi connectivity index (χ3v) is 4.79. The first-order chi connectivity index (χ1) is 13.6. The van der Waals surface area contributed by atoms with Crippen molar-refractivity contribution >= 4 is 23.0 Å². The summed E-state index contributed by atoms with van der Waals surface area (Å²) >= 11 is 0. The Kier molecular flexibility index (Phi) is 6.73. The van der Waals surface area contributed by atoms with Crippen molar-refractivity contribution in [3.05, 3.63) is 44.5 Å². The summed E-state index contributed by atoms with van der Waals surface area (Å²) in [5.74, 6) is -0.461. The Balaban J connectivity index is 2.62. The number of carbonyl (C=O) groups is 1. The summed E-state index contributed by atoms with van der Waals surface area (Å²) in [6.45, 7) is 7.91. The van der Waals surface area contributed by atoms with Gasteiger partial charge in [-0.05, 0) is 31.9 Å². The number of aromatic nitrogens is 2. The van der Waals surface area contributed by atoms with E-state index in [4.69, 9.17) is 0 Å². The number of rotatable bonds is 7. The first-order valence-electron chi connectivity index (χ1n) is 9.52. The molecule has 0 aliphatic carbocycles. The van der Waals surface area contributed by atoms with E-state index in [1.807, 2.05) is 20.8 Å². The lowest BCUT2D eigenvalue weighted by atomic mass is 10.1. The van der Waals surface area contributed by atoms with Crippen molar-refractivity contribution < 1.29 is 9.90 Å². The first-order valence-corrected chi connectivity index (χ1v) is 9.52. The van der Waals surface area contributed by atoms with E-state index in [1.54, 1.807) is 27.1 Å². The largest absolute Gasteiger partial charge is 0.505 e. The standard InChI is InChI=1S/C20H29N5O4/c1-7-25-20(29)16(15(18(27)23-25)21-12(4)11(2)3)22-14-10-8-9-13(17(14)26)19(28)24(5)6/h8-12,21-22,26H,7H2,1-6H3,(H,23,27). The van der Waals surface area contributed by atoms with Crippen LogP contribution in [0.25, 0.3) is 0 Å². The zero-order valence-corrected chi connectivity index (χ0v) is 17.7. The summed E-state index contributed by atoms with van der Waals surface area (Å²) in [5, 5.41) is 19.1. The fraction of sp³-hybridized carbons (Fsp3) is 0.450. The molecule has 0 spiro atoms. The molecule has 0 saturated carbocycles. The first kappa shape index (κ1) is 22.1. The van der Waals surface area contributed by atoms with Crippen LogP contribution in [0.4, 0.5) is 17.1 Å². The van der Waals surface area contributed by atoms with Crippen LogP contribution in [-0.4, -0.2) is 45.8 Å². The highest BCUT2D eigenvalue weighted by Gasteiger charge is 2.21. The van der Waals surface area contributed by atoms with Gasteiger partial charge >= 0.3 is 0 Å². The molecule has 1 aromatic carbocycles. The van der Waals surface area contributed by atoms with Gasteiger partial charge in [0.1, 0.15) is 11.4 Å². The third-order valence-electron chi connectivity index (χ3n) is 4.79. The molecule has 1 aromatic heterocycles. The average Bonchev–Trinajstić information content (AvgIpc) is 2.67. The number of phenolic OH excluding ortho intramolecular Hbond substituents is 1. The van der Waals surface area contributed by atoms with Gasteiger partial charge < -0.3 is 20.6 Å². The van der Waals surface area contributed by atoms with E-state index in [2.05, 4.69) is 15.7 Å². The third kappa shape index (κ3) is 4.61. The number of aromatic hydroxyl groups is 1. The van der Waals surface area contributed by atoms with Gasteiger partial charge in [-0.3, -0.25) is 19.5 Å². The van der Waals surface area contributed by atoms with Crippen LogP contribution < -0.4 is 21.8 Å². The molecule has 9 nitrogen and oxygen atoms in total. The maximum absolute atomic E-state index is 12.9. The van der Waals surface area contributed by atoms with Crippen molar-refractivity contribution in [2.75, 3.05) is 24.7 Å². The molecule has 2 rings (SSSR count). The lowest BCUT2D eigenvalue weighted by Gasteiger charge is -2.21. The van der Waals surface area contributed by atoms with Crippen molar-refractivity contribution in [1.82, 2.24) is 14.7 Å². The SMILES string of the molecule is CCn1[nH]c(=O)c(NC(C)C(C)C)c(Nc2cccc(C(=O)N(C)C)c2O)c1=O. The maximum atomic E-state index is 12.9. The fourth-order valence-electron chi connectivity index (χ4n) is 2.65. The monoisotopic (exact) mass is 403 g/mol. The molecule has 9 heteroatoms. The normalized spacial score (nSPS) is 12.0. The van der Waals surface area contributed by atoms with Crippen LogP contribution in [0.2, 0.25) is 0 Å². The summed E-state index contributed by atoms with van der Waals surface area (Å²) in [6, 6.07) is 4.54. The summed E-state index contributed by atoms with van der Waals surface area (Å²) in [6.07, 6.45) is 0. The Hall–Kier alpha value is -3.23. The van der Waals surface area contributed by atoms with Gasteiger partial charge in [-0.2, -0.15) is 0 Å². The highest BCUT2D eigenvalue weighted by atomic mass is 16.3. The minimum absolute atomic E-state index is 0.00727. The minimum atomic E-state index is -0.457. The van der Waals surface area contributed by atoms with Crippen molar-refractivity contribution in [2.45, 2.75) is 40.3 Å². The van der Waals surface area contributed by atoms with E-state index in [9.17, 15) is 19.5 Å². The van der Waals surface area contributed by atoms with Crippen LogP contribution in [-0.2, 0) is 6.54 Å². The Bertz CT molecular complexity index is 1010. The van der Waals surface area contributed by atoms with E-state index in [0.717, 1.165) is 0 Å². The molecular weight excluding hydrogens is 374 g/mol. The molecule has 4 N–H and O–H groups in total. The van der Waals surface area contributed by atoms with Crippen molar-refractivity contribution in [1.29, 1.82) is 0 Å². The highest BCUT2D eigenvalue weighted by Crippen LogP contribution is 2.31. The number of aromatic amines is 1. The smallest absolute Gasteiger partial charge is 0.291 e. The summed E-state index contributed by atoms with van der Waals surface area (Å²) in [4.78, 5) is 39.2. The topological polar surface area (TPSA) is 119 Å². The average molecular weight is 403 g/mol. The second-order valence-electron chi connectivity index (χ2n) is 7.44. The Labute approximate surface area is 169 Å². The second kappa shape index (κ2) is 8.85. The molecule has 2 aromatic rings. The van der Waals surface area contributed by atoms with Crippen molar-refractivity contribution in [3.63, 3.8) is 0 Å². The molecule has 158 valence electrons. The van der Waals surface area contributed by atoms with E-state index in [-0.39, 0.29) is 52.8 Å². The van der Waals surface area contributed by atoms with Gasteiger partial charge in [-0.1, -0.05) is 19.9 Å². The lowest BCUT2D eigenvalue weighted by molar-refractivity contribution is 0.0824. The number of anilines is 3. The number of nitrogens with zero attached hydrogens (tertiary/aromatic N) is 2. The number of para-hydroxylation sites is 1. The molecule has 0 fully saturated rings. The number of carbonyl (C=O) groups excluding carboxylic acids is 1. The number of benzene rings is 1. The predicted octanol–water partition coefficient (Wildman–Crippen LogP) is 2.16. The van der Waals surface area contributed by atoms with Gasteiger partial charge in [-0.25, -0.2) is 4.68 Å². The van der Waals surface area contributed by atoms with Gasteiger partial charge in [0, 0.05) is 26.7 Å². The van der Waals surface area contributed by atoms with Crippen molar-refractivity contribution in [3.8, 4) is 5.75 Å². The number of hydrogen-bond acceptors (Lipinski definition) is 6. The number of nitrogens with one attached hydrogen (secondary N) is 3. The van der Waals surface area contributed by atoms with E-state index in [1.165, 1.54) is 21.7 Å². The second-order valence-corrected chi connectivity index (χ2v) is 7.44. The van der Waals surface area contributed by atoms with Crippen LogP contribution >= 0.6 is 0 Å². The van der Waals surface area contributed by atoms with Gasteiger partial charge in [0.05, 0.1) is 11.3 Å². The maximum Gasteiger partial charge on any atom is 0.291 e. The Morgan fingerprint density at radius 1 is 1.21 bits per heavy atom. The number of amides is 1. The van der Waals surface area contributed by atoms with Gasteiger partial charge in [0.2, 0.25) is 0 Å². The Morgan fingerprint density at radius 2 is 1.86 bits per heavy atom.